The van der Waals surface area contributed by atoms with E-state index in [-0.39, 0.29) is 5.91 Å². The van der Waals surface area contributed by atoms with Crippen LogP contribution in [-0.4, -0.2) is 30.7 Å². The minimum Gasteiger partial charge on any atom is -0.345 e. The number of carbonyl (C=O) groups is 1. The van der Waals surface area contributed by atoms with Crippen molar-refractivity contribution in [2.45, 2.75) is 13.5 Å². The first-order valence-corrected chi connectivity index (χ1v) is 7.25. The summed E-state index contributed by atoms with van der Waals surface area (Å²) >= 11 is 1.58. The summed E-state index contributed by atoms with van der Waals surface area (Å²) in [6.07, 6.45) is 1.81. The van der Waals surface area contributed by atoms with Gasteiger partial charge < -0.3 is 5.32 Å². The Bertz CT molecular complexity index is 758. The van der Waals surface area contributed by atoms with Gasteiger partial charge in [0.1, 0.15) is 16.4 Å². The lowest BCUT2D eigenvalue weighted by Gasteiger charge is -2.02. The Morgan fingerprint density at radius 2 is 2.33 bits per heavy atom. The number of nitrogens with zero attached hydrogens (tertiary/aromatic N) is 5. The first-order valence-electron chi connectivity index (χ1n) is 6.37. The summed E-state index contributed by atoms with van der Waals surface area (Å²) in [4.78, 5) is 12.1. The number of nitrogens with one attached hydrogen (secondary N) is 1. The molecule has 3 rings (SSSR count). The van der Waals surface area contributed by atoms with Crippen molar-refractivity contribution in [1.29, 1.82) is 0 Å². The molecule has 0 radical (unpaired) electrons. The molecule has 0 bridgehead atoms. The fraction of sp³-hybridized carbons (Fsp3) is 0.231. The number of thiophene rings is 1. The fourth-order valence-electron chi connectivity index (χ4n) is 1.97. The second-order valence-corrected chi connectivity index (χ2v) is 5.51. The zero-order chi connectivity index (χ0) is 14.8. The van der Waals surface area contributed by atoms with Crippen molar-refractivity contribution < 1.29 is 4.79 Å². The molecule has 0 atom stereocenters. The van der Waals surface area contributed by atoms with E-state index in [0.29, 0.717) is 17.9 Å². The third kappa shape index (κ3) is 2.84. The Morgan fingerprint density at radius 1 is 1.48 bits per heavy atom. The van der Waals surface area contributed by atoms with Gasteiger partial charge in [0, 0.05) is 7.05 Å². The molecule has 0 spiro atoms. The van der Waals surface area contributed by atoms with Gasteiger partial charge in [-0.1, -0.05) is 5.21 Å². The Balaban J connectivity index is 1.65. The van der Waals surface area contributed by atoms with E-state index in [9.17, 15) is 4.79 Å². The lowest BCUT2D eigenvalue weighted by molar-refractivity contribution is 0.0941. The maximum absolute atomic E-state index is 12.1. The Morgan fingerprint density at radius 3 is 3.00 bits per heavy atom. The maximum atomic E-state index is 12.1. The van der Waals surface area contributed by atoms with Crippen LogP contribution in [0.3, 0.4) is 0 Å². The van der Waals surface area contributed by atoms with Crippen molar-refractivity contribution in [1.82, 2.24) is 30.1 Å². The highest BCUT2D eigenvalue weighted by Gasteiger charge is 2.12. The highest BCUT2D eigenvalue weighted by atomic mass is 32.1. The van der Waals surface area contributed by atoms with E-state index in [1.165, 1.54) is 0 Å². The van der Waals surface area contributed by atoms with Gasteiger partial charge >= 0.3 is 0 Å². The van der Waals surface area contributed by atoms with Crippen molar-refractivity contribution in [2.24, 2.45) is 7.05 Å². The summed E-state index contributed by atoms with van der Waals surface area (Å²) in [7, 11) is 1.75. The van der Waals surface area contributed by atoms with Gasteiger partial charge in [-0.3, -0.25) is 9.48 Å². The molecule has 0 aliphatic rings. The molecule has 0 aliphatic heterocycles. The molecule has 8 heteroatoms. The molecule has 0 saturated carbocycles. The lowest BCUT2D eigenvalue weighted by atomic mass is 10.3. The van der Waals surface area contributed by atoms with Crippen LogP contribution in [0, 0.1) is 6.92 Å². The van der Waals surface area contributed by atoms with Crippen LogP contribution in [0.1, 0.15) is 21.9 Å². The van der Waals surface area contributed by atoms with E-state index in [1.807, 2.05) is 24.4 Å². The molecule has 3 aromatic rings. The van der Waals surface area contributed by atoms with Gasteiger partial charge in [0.05, 0.1) is 18.4 Å². The van der Waals surface area contributed by atoms with Crippen LogP contribution in [0.15, 0.2) is 29.8 Å². The molecule has 1 N–H and O–H groups in total. The smallest absolute Gasteiger partial charge is 0.269 e. The molecule has 3 heterocycles. The number of aryl methyl sites for hydroxylation is 2. The average Bonchev–Trinajstić information content (AvgIpc) is 3.15. The topological polar surface area (TPSA) is 77.6 Å². The van der Waals surface area contributed by atoms with Crippen LogP contribution in [0.4, 0.5) is 0 Å². The minimum absolute atomic E-state index is 0.177. The van der Waals surface area contributed by atoms with Crippen molar-refractivity contribution in [3.63, 3.8) is 0 Å². The van der Waals surface area contributed by atoms with Gasteiger partial charge in [0.25, 0.3) is 5.91 Å². The molecule has 1 amide bonds. The molecule has 0 saturated heterocycles. The fourth-order valence-corrected chi connectivity index (χ4v) is 2.62. The number of rotatable bonds is 4. The normalized spacial score (nSPS) is 10.8. The molecule has 108 valence electrons. The van der Waals surface area contributed by atoms with E-state index in [4.69, 9.17) is 0 Å². The highest BCUT2D eigenvalue weighted by molar-refractivity contribution is 7.12. The van der Waals surface area contributed by atoms with Crippen molar-refractivity contribution >= 4 is 17.2 Å². The van der Waals surface area contributed by atoms with Gasteiger partial charge in [-0.05, 0) is 30.5 Å². The van der Waals surface area contributed by atoms with Gasteiger partial charge in [0.15, 0.2) is 0 Å². The second kappa shape index (κ2) is 5.49. The molecular weight excluding hydrogens is 288 g/mol. The molecule has 0 aliphatic carbocycles. The van der Waals surface area contributed by atoms with E-state index < -0.39 is 0 Å². The summed E-state index contributed by atoms with van der Waals surface area (Å²) in [6.45, 7) is 2.18. The molecule has 0 aromatic carbocycles. The Kier molecular flexibility index (Phi) is 3.53. The monoisotopic (exact) mass is 302 g/mol. The summed E-state index contributed by atoms with van der Waals surface area (Å²) < 4.78 is 3.26. The van der Waals surface area contributed by atoms with Crippen molar-refractivity contribution in [3.05, 3.63) is 46.9 Å². The number of hydrogen-bond acceptors (Lipinski definition) is 5. The zero-order valence-electron chi connectivity index (χ0n) is 11.6. The maximum Gasteiger partial charge on any atom is 0.269 e. The molecule has 3 aromatic heterocycles. The Labute approximate surface area is 125 Å². The molecule has 0 unspecified atom stereocenters. The van der Waals surface area contributed by atoms with Gasteiger partial charge in [-0.15, -0.1) is 16.4 Å². The van der Waals surface area contributed by atoms with E-state index in [1.54, 1.807) is 40.0 Å². The SMILES string of the molecule is Cc1cc(C(=O)NCc2cn(-c3cccs3)nn2)n(C)n1. The van der Waals surface area contributed by atoms with E-state index >= 15 is 0 Å². The molecule has 7 nitrogen and oxygen atoms in total. The molecule has 21 heavy (non-hydrogen) atoms. The number of aromatic nitrogens is 5. The molecular formula is C13H14N6OS. The minimum atomic E-state index is -0.177. The van der Waals surface area contributed by atoms with Crippen LogP contribution >= 0.6 is 11.3 Å². The van der Waals surface area contributed by atoms with Crippen molar-refractivity contribution in [2.75, 3.05) is 0 Å². The highest BCUT2D eigenvalue weighted by Crippen LogP contribution is 2.13. The van der Waals surface area contributed by atoms with Gasteiger partial charge in [-0.2, -0.15) is 5.10 Å². The zero-order valence-corrected chi connectivity index (χ0v) is 12.5. The first kappa shape index (κ1) is 13.5. The second-order valence-electron chi connectivity index (χ2n) is 4.58. The van der Waals surface area contributed by atoms with Crippen LogP contribution in [-0.2, 0) is 13.6 Å². The van der Waals surface area contributed by atoms with Gasteiger partial charge in [-0.25, -0.2) is 4.68 Å². The predicted molar refractivity (Wildman–Crippen MR) is 78.4 cm³/mol. The number of amides is 1. The van der Waals surface area contributed by atoms with Crippen LogP contribution in [0.2, 0.25) is 0 Å². The standard InChI is InChI=1S/C13H14N6OS/c1-9-6-11(18(2)16-9)13(20)14-7-10-8-19(17-15-10)12-4-3-5-21-12/h3-6,8H,7H2,1-2H3,(H,14,20). The average molecular weight is 302 g/mol. The van der Waals surface area contributed by atoms with Crippen molar-refractivity contribution in [3.8, 4) is 5.00 Å². The van der Waals surface area contributed by atoms with E-state index in [2.05, 4.69) is 20.7 Å². The molecule has 0 fully saturated rings. The summed E-state index contributed by atoms with van der Waals surface area (Å²) in [5, 5.41) is 18.0. The number of carbonyl (C=O) groups excluding carboxylic acids is 1. The van der Waals surface area contributed by atoms with Crippen LogP contribution in [0.25, 0.3) is 5.00 Å². The van der Waals surface area contributed by atoms with Crippen LogP contribution in [0.5, 0.6) is 0 Å². The summed E-state index contributed by atoms with van der Waals surface area (Å²) in [5.41, 5.74) is 2.04. The quantitative estimate of drug-likeness (QED) is 0.788. The largest absolute Gasteiger partial charge is 0.345 e. The Hall–Kier alpha value is -2.48. The predicted octanol–water partition coefficient (Wildman–Crippen LogP) is 1.30. The van der Waals surface area contributed by atoms with E-state index in [0.717, 1.165) is 10.7 Å². The van der Waals surface area contributed by atoms with Gasteiger partial charge in [0.2, 0.25) is 0 Å². The third-order valence-electron chi connectivity index (χ3n) is 2.94. The summed E-state index contributed by atoms with van der Waals surface area (Å²) in [6, 6.07) is 5.66. The van der Waals surface area contributed by atoms with Crippen LogP contribution < -0.4 is 5.32 Å². The number of hydrogen-bond donors (Lipinski definition) is 1. The lowest BCUT2D eigenvalue weighted by Crippen LogP contribution is -2.25. The third-order valence-corrected chi connectivity index (χ3v) is 3.80. The first-order chi connectivity index (χ1) is 10.1. The summed E-state index contributed by atoms with van der Waals surface area (Å²) in [5.74, 6) is -0.177.